The Morgan fingerprint density at radius 2 is 1.66 bits per heavy atom. The molecule has 5 heteroatoms. The summed E-state index contributed by atoms with van der Waals surface area (Å²) in [6.07, 6.45) is 0.516. The van der Waals surface area contributed by atoms with Gasteiger partial charge in [-0.05, 0) is 107 Å². The van der Waals surface area contributed by atoms with Crippen molar-refractivity contribution in [2.45, 2.75) is 70.6 Å². The van der Waals surface area contributed by atoms with E-state index in [1.807, 2.05) is 0 Å². The monoisotopic (exact) mass is 482 g/mol. The van der Waals surface area contributed by atoms with Gasteiger partial charge >= 0.3 is 6.18 Å². The van der Waals surface area contributed by atoms with E-state index in [1.54, 1.807) is 12.1 Å². The number of hydrogen-bond donors (Lipinski definition) is 1. The quantitative estimate of drug-likeness (QED) is 0.370. The highest BCUT2D eigenvalue weighted by molar-refractivity contribution is 5.76. The minimum atomic E-state index is -4.38. The van der Waals surface area contributed by atoms with Crippen molar-refractivity contribution >= 4 is 0 Å². The van der Waals surface area contributed by atoms with Crippen LogP contribution in [0, 0.1) is 11.2 Å². The fourth-order valence-electron chi connectivity index (χ4n) is 6.06. The molecular weight excluding hydrogens is 452 g/mol. The van der Waals surface area contributed by atoms with Gasteiger partial charge in [0, 0.05) is 0 Å². The van der Waals surface area contributed by atoms with E-state index in [0.717, 1.165) is 76.8 Å². The van der Waals surface area contributed by atoms with Gasteiger partial charge in [-0.15, -0.1) is 0 Å². The third kappa shape index (κ3) is 4.51. The summed E-state index contributed by atoms with van der Waals surface area (Å²) in [5, 5.41) is 11.4. The van der Waals surface area contributed by atoms with E-state index >= 15 is 0 Å². The third-order valence-electron chi connectivity index (χ3n) is 7.95. The molecule has 0 heterocycles. The number of hydrogen-bond acceptors (Lipinski definition) is 1. The summed E-state index contributed by atoms with van der Waals surface area (Å²) in [5.41, 5.74) is 6.18. The number of alkyl halides is 3. The van der Waals surface area contributed by atoms with Gasteiger partial charge in [-0.3, -0.25) is 0 Å². The van der Waals surface area contributed by atoms with Gasteiger partial charge in [0.1, 0.15) is 5.82 Å². The molecule has 1 N–H and O–H groups in total. The minimum absolute atomic E-state index is 0.162. The van der Waals surface area contributed by atoms with Crippen LogP contribution in [0.1, 0.15) is 84.9 Å². The standard InChI is InChI=1S/C30H30F4O/c1-18(2)24-15-21-16-29(12-3-13-29)17-26(35)28(21)27(20-6-10-23(31)11-7-20)25(24)14-19-4-8-22(9-5-19)30(32,33)34/h4-11,15,18,26,35H,3,12-14,16-17H2,1-2H3/t26-/m0/s1. The molecule has 2 aliphatic rings. The van der Waals surface area contributed by atoms with Gasteiger partial charge in [-0.2, -0.15) is 13.2 Å². The van der Waals surface area contributed by atoms with Gasteiger partial charge in [-0.25, -0.2) is 4.39 Å². The van der Waals surface area contributed by atoms with Crippen LogP contribution in [-0.4, -0.2) is 5.11 Å². The summed E-state index contributed by atoms with van der Waals surface area (Å²) >= 11 is 0. The van der Waals surface area contributed by atoms with Crippen LogP contribution < -0.4 is 0 Å². The van der Waals surface area contributed by atoms with E-state index in [0.29, 0.717) is 6.42 Å². The smallest absolute Gasteiger partial charge is 0.388 e. The Kier molecular flexibility index (Phi) is 6.03. The fraction of sp³-hybridized carbons (Fsp3) is 0.400. The summed E-state index contributed by atoms with van der Waals surface area (Å²) in [5.74, 6) is -0.152. The molecule has 0 aromatic heterocycles. The van der Waals surface area contributed by atoms with Crippen molar-refractivity contribution in [2.75, 3.05) is 0 Å². The first-order chi connectivity index (χ1) is 16.6. The molecule has 35 heavy (non-hydrogen) atoms. The van der Waals surface area contributed by atoms with Crippen LogP contribution in [0.25, 0.3) is 11.1 Å². The molecule has 1 spiro atoms. The summed E-state index contributed by atoms with van der Waals surface area (Å²) in [6, 6.07) is 13.8. The highest BCUT2D eigenvalue weighted by Crippen LogP contribution is 2.56. The zero-order valence-electron chi connectivity index (χ0n) is 20.1. The number of halogens is 4. The maximum atomic E-state index is 13.8. The lowest BCUT2D eigenvalue weighted by atomic mass is 9.58. The van der Waals surface area contributed by atoms with Crippen molar-refractivity contribution in [1.29, 1.82) is 0 Å². The van der Waals surface area contributed by atoms with Crippen LogP contribution in [-0.2, 0) is 19.0 Å². The van der Waals surface area contributed by atoms with E-state index in [9.17, 15) is 22.7 Å². The largest absolute Gasteiger partial charge is 0.416 e. The van der Waals surface area contributed by atoms with Crippen LogP contribution >= 0.6 is 0 Å². The summed E-state index contributed by atoms with van der Waals surface area (Å²) in [6.45, 7) is 4.23. The molecule has 0 saturated heterocycles. The Morgan fingerprint density at radius 3 is 2.20 bits per heavy atom. The minimum Gasteiger partial charge on any atom is -0.388 e. The number of rotatable bonds is 4. The van der Waals surface area contributed by atoms with E-state index in [-0.39, 0.29) is 17.2 Å². The highest BCUT2D eigenvalue weighted by Gasteiger charge is 2.44. The van der Waals surface area contributed by atoms with Crippen LogP contribution in [0.3, 0.4) is 0 Å². The molecule has 0 unspecified atom stereocenters. The second-order valence-corrected chi connectivity index (χ2v) is 10.7. The van der Waals surface area contributed by atoms with E-state index < -0.39 is 17.8 Å². The lowest BCUT2D eigenvalue weighted by Gasteiger charge is -2.48. The molecule has 2 aliphatic carbocycles. The second-order valence-electron chi connectivity index (χ2n) is 10.7. The normalized spacial score (nSPS) is 19.0. The lowest BCUT2D eigenvalue weighted by molar-refractivity contribution is -0.137. The molecule has 5 rings (SSSR count). The van der Waals surface area contributed by atoms with Crippen molar-refractivity contribution in [2.24, 2.45) is 5.41 Å². The van der Waals surface area contributed by atoms with Crippen molar-refractivity contribution in [3.05, 3.63) is 93.8 Å². The molecule has 0 bridgehead atoms. The maximum Gasteiger partial charge on any atom is 0.416 e. The van der Waals surface area contributed by atoms with Crippen molar-refractivity contribution < 1.29 is 22.7 Å². The van der Waals surface area contributed by atoms with E-state index in [2.05, 4.69) is 19.9 Å². The van der Waals surface area contributed by atoms with E-state index in [1.165, 1.54) is 30.7 Å². The Morgan fingerprint density at radius 1 is 1.00 bits per heavy atom. The van der Waals surface area contributed by atoms with Crippen LogP contribution in [0.2, 0.25) is 0 Å². The number of aliphatic hydroxyl groups excluding tert-OH is 1. The number of benzene rings is 3. The third-order valence-corrected chi connectivity index (χ3v) is 7.95. The zero-order valence-corrected chi connectivity index (χ0v) is 20.1. The first-order valence-corrected chi connectivity index (χ1v) is 12.3. The Labute approximate surface area is 203 Å². The van der Waals surface area contributed by atoms with E-state index in [4.69, 9.17) is 0 Å². The molecule has 0 aliphatic heterocycles. The van der Waals surface area contributed by atoms with Crippen LogP contribution in [0.15, 0.2) is 54.6 Å². The zero-order chi connectivity index (χ0) is 25.0. The molecule has 1 fully saturated rings. The highest BCUT2D eigenvalue weighted by atomic mass is 19.4. The van der Waals surface area contributed by atoms with Gasteiger partial charge in [-0.1, -0.05) is 50.6 Å². The summed E-state index contributed by atoms with van der Waals surface area (Å²) < 4.78 is 53.1. The van der Waals surface area contributed by atoms with Crippen molar-refractivity contribution in [3.8, 4) is 11.1 Å². The molecule has 3 aromatic rings. The molecule has 0 amide bonds. The summed E-state index contributed by atoms with van der Waals surface area (Å²) in [7, 11) is 0. The van der Waals surface area contributed by atoms with Gasteiger partial charge in [0.25, 0.3) is 0 Å². The first-order valence-electron chi connectivity index (χ1n) is 12.3. The van der Waals surface area contributed by atoms with Gasteiger partial charge in [0.2, 0.25) is 0 Å². The molecule has 1 atom stereocenters. The lowest BCUT2D eigenvalue weighted by Crippen LogP contribution is -2.37. The Bertz CT molecular complexity index is 1220. The first kappa shape index (κ1) is 24.1. The molecular formula is C30H30F4O. The van der Waals surface area contributed by atoms with Crippen LogP contribution in [0.4, 0.5) is 17.6 Å². The number of aliphatic hydroxyl groups is 1. The molecule has 1 saturated carbocycles. The Hall–Kier alpha value is -2.66. The molecule has 0 radical (unpaired) electrons. The topological polar surface area (TPSA) is 20.2 Å². The fourth-order valence-corrected chi connectivity index (χ4v) is 6.06. The van der Waals surface area contributed by atoms with Gasteiger partial charge < -0.3 is 5.11 Å². The molecule has 184 valence electrons. The number of fused-ring (bicyclic) bond motifs is 1. The SMILES string of the molecule is CC(C)c1cc2c(c(-c3ccc(F)cc3)c1Cc1ccc(C(F)(F)F)cc1)[C@@H](O)CC1(CCC1)C2. The van der Waals surface area contributed by atoms with Crippen molar-refractivity contribution in [1.82, 2.24) is 0 Å². The van der Waals surface area contributed by atoms with Crippen LogP contribution in [0.5, 0.6) is 0 Å². The van der Waals surface area contributed by atoms with Gasteiger partial charge in [0.15, 0.2) is 0 Å². The molecule has 3 aromatic carbocycles. The van der Waals surface area contributed by atoms with Crippen molar-refractivity contribution in [3.63, 3.8) is 0 Å². The van der Waals surface area contributed by atoms with Gasteiger partial charge in [0.05, 0.1) is 11.7 Å². The maximum absolute atomic E-state index is 13.8. The predicted octanol–water partition coefficient (Wildman–Crippen LogP) is 8.38. The summed E-state index contributed by atoms with van der Waals surface area (Å²) in [4.78, 5) is 0. The average molecular weight is 483 g/mol. The second kappa shape index (κ2) is 8.77. The molecule has 1 nitrogen and oxygen atoms in total. The Balaban J connectivity index is 1.69. The predicted molar refractivity (Wildman–Crippen MR) is 130 cm³/mol. The average Bonchev–Trinajstić information content (AvgIpc) is 2.78.